The van der Waals surface area contributed by atoms with E-state index in [4.69, 9.17) is 4.98 Å². The number of aromatic nitrogens is 6. The molecule has 6 heteroatoms. The fourth-order valence-corrected chi connectivity index (χ4v) is 4.61. The Morgan fingerprint density at radius 2 is 1.96 bits per heavy atom. The van der Waals surface area contributed by atoms with Crippen molar-refractivity contribution in [1.82, 2.24) is 30.6 Å². The quantitative estimate of drug-likeness (QED) is 0.780. The third-order valence-corrected chi connectivity index (χ3v) is 5.75. The average molecular weight is 346 g/mol. The van der Waals surface area contributed by atoms with Gasteiger partial charge in [-0.05, 0) is 73.1 Å². The van der Waals surface area contributed by atoms with Crippen LogP contribution in [0.15, 0.2) is 18.3 Å². The molecule has 26 heavy (non-hydrogen) atoms. The number of nitrogens with one attached hydrogen (secondary N) is 1. The predicted octanol–water partition coefficient (Wildman–Crippen LogP) is 3.78. The lowest BCUT2D eigenvalue weighted by atomic mass is 9.88. The molecular weight excluding hydrogens is 324 g/mol. The van der Waals surface area contributed by atoms with Crippen LogP contribution in [0.1, 0.15) is 60.7 Å². The number of tetrazole rings is 1. The van der Waals surface area contributed by atoms with Crippen LogP contribution in [-0.2, 0) is 12.8 Å². The molecule has 0 unspecified atom stereocenters. The van der Waals surface area contributed by atoms with E-state index >= 15 is 0 Å². The van der Waals surface area contributed by atoms with Crippen molar-refractivity contribution >= 4 is 0 Å². The molecule has 0 aromatic carbocycles. The summed E-state index contributed by atoms with van der Waals surface area (Å²) in [5.41, 5.74) is 8.35. The maximum Gasteiger partial charge on any atom is 0.207 e. The minimum Gasteiger partial charge on any atom is -0.262 e. The summed E-state index contributed by atoms with van der Waals surface area (Å²) in [6.07, 6.45) is 10.1. The number of H-pyrrole nitrogens is 1. The molecule has 3 aromatic rings. The van der Waals surface area contributed by atoms with Gasteiger partial charge in [0.25, 0.3) is 0 Å². The zero-order valence-electron chi connectivity index (χ0n) is 15.0. The van der Waals surface area contributed by atoms with Gasteiger partial charge in [-0.3, -0.25) is 9.97 Å². The first kappa shape index (κ1) is 15.6. The Bertz CT molecular complexity index is 941. The molecule has 1 fully saturated rings. The van der Waals surface area contributed by atoms with Crippen LogP contribution in [0, 0.1) is 6.92 Å². The molecule has 2 aliphatic rings. The van der Waals surface area contributed by atoms with E-state index in [1.807, 2.05) is 13.1 Å². The summed E-state index contributed by atoms with van der Waals surface area (Å²) in [4.78, 5) is 9.55. The van der Waals surface area contributed by atoms with E-state index in [0.29, 0.717) is 11.7 Å². The van der Waals surface area contributed by atoms with Crippen molar-refractivity contribution < 1.29 is 0 Å². The normalized spacial score (nSPS) is 17.0. The van der Waals surface area contributed by atoms with Gasteiger partial charge >= 0.3 is 0 Å². The molecule has 5 rings (SSSR count). The second kappa shape index (κ2) is 6.27. The van der Waals surface area contributed by atoms with Crippen LogP contribution >= 0.6 is 0 Å². The Labute approximate surface area is 152 Å². The molecule has 0 amide bonds. The van der Waals surface area contributed by atoms with Gasteiger partial charge in [0.05, 0.1) is 11.3 Å². The summed E-state index contributed by atoms with van der Waals surface area (Å²) >= 11 is 0. The highest BCUT2D eigenvalue weighted by molar-refractivity contribution is 5.85. The van der Waals surface area contributed by atoms with E-state index in [1.165, 1.54) is 60.2 Å². The summed E-state index contributed by atoms with van der Waals surface area (Å²) < 4.78 is 0. The van der Waals surface area contributed by atoms with Crippen molar-refractivity contribution in [3.63, 3.8) is 0 Å². The van der Waals surface area contributed by atoms with Crippen molar-refractivity contribution in [2.24, 2.45) is 0 Å². The molecule has 0 saturated heterocycles. The molecule has 0 radical (unpaired) electrons. The van der Waals surface area contributed by atoms with Gasteiger partial charge < -0.3 is 0 Å². The number of fused-ring (bicyclic) bond motifs is 1. The zero-order chi connectivity index (χ0) is 17.5. The standard InChI is InChI=1S/C20H22N6/c1-12-11-14(9-10-21-12)17-15-7-4-8-16(15)22-19(13-5-2-3-6-13)18(17)20-23-25-26-24-20/h9-11,13H,2-8H2,1H3,(H,23,24,25,26). The Morgan fingerprint density at radius 3 is 2.73 bits per heavy atom. The molecule has 0 aliphatic heterocycles. The van der Waals surface area contributed by atoms with Crippen LogP contribution in [0.4, 0.5) is 0 Å². The lowest BCUT2D eigenvalue weighted by molar-refractivity contribution is 0.693. The van der Waals surface area contributed by atoms with Crippen LogP contribution < -0.4 is 0 Å². The van der Waals surface area contributed by atoms with E-state index < -0.39 is 0 Å². The number of hydrogen-bond donors (Lipinski definition) is 1. The number of aromatic amines is 1. The second-order valence-electron chi connectivity index (χ2n) is 7.43. The topological polar surface area (TPSA) is 80.2 Å². The largest absolute Gasteiger partial charge is 0.262 e. The lowest BCUT2D eigenvalue weighted by Crippen LogP contribution is -2.08. The molecular formula is C20H22N6. The van der Waals surface area contributed by atoms with E-state index in [9.17, 15) is 0 Å². The Kier molecular flexibility index (Phi) is 3.76. The average Bonchev–Trinajstić information content (AvgIpc) is 3.41. The van der Waals surface area contributed by atoms with Gasteiger partial charge in [0, 0.05) is 23.5 Å². The predicted molar refractivity (Wildman–Crippen MR) is 98.6 cm³/mol. The number of rotatable bonds is 3. The molecule has 0 atom stereocenters. The highest BCUT2D eigenvalue weighted by Crippen LogP contribution is 2.45. The van der Waals surface area contributed by atoms with E-state index in [2.05, 4.69) is 37.7 Å². The fraction of sp³-hybridized carbons (Fsp3) is 0.450. The summed E-state index contributed by atoms with van der Waals surface area (Å²) in [6.45, 7) is 2.04. The first-order chi connectivity index (χ1) is 12.8. The van der Waals surface area contributed by atoms with Crippen molar-refractivity contribution in [2.45, 2.75) is 57.8 Å². The van der Waals surface area contributed by atoms with Gasteiger partial charge in [0.1, 0.15) is 0 Å². The Hall–Kier alpha value is -2.63. The van der Waals surface area contributed by atoms with Crippen LogP contribution in [0.5, 0.6) is 0 Å². The number of aryl methyl sites for hydroxylation is 2. The lowest BCUT2D eigenvalue weighted by Gasteiger charge is -2.20. The molecule has 1 N–H and O–H groups in total. The van der Waals surface area contributed by atoms with E-state index in [0.717, 1.165) is 24.1 Å². The molecule has 0 bridgehead atoms. The zero-order valence-corrected chi connectivity index (χ0v) is 15.0. The third kappa shape index (κ3) is 2.52. The molecule has 3 aromatic heterocycles. The fourth-order valence-electron chi connectivity index (χ4n) is 4.61. The van der Waals surface area contributed by atoms with Crippen LogP contribution in [0.2, 0.25) is 0 Å². The molecule has 3 heterocycles. The summed E-state index contributed by atoms with van der Waals surface area (Å²) in [5.74, 6) is 1.16. The molecule has 1 saturated carbocycles. The number of pyridine rings is 2. The smallest absolute Gasteiger partial charge is 0.207 e. The second-order valence-corrected chi connectivity index (χ2v) is 7.43. The van der Waals surface area contributed by atoms with Crippen LogP contribution in [0.3, 0.4) is 0 Å². The molecule has 2 aliphatic carbocycles. The molecule has 132 valence electrons. The summed E-state index contributed by atoms with van der Waals surface area (Å²) in [7, 11) is 0. The van der Waals surface area contributed by atoms with Gasteiger partial charge in [-0.2, -0.15) is 5.21 Å². The van der Waals surface area contributed by atoms with Crippen molar-refractivity contribution in [1.29, 1.82) is 0 Å². The van der Waals surface area contributed by atoms with Gasteiger partial charge in [0.2, 0.25) is 5.82 Å². The summed E-state index contributed by atoms with van der Waals surface area (Å²) in [6, 6.07) is 4.26. The molecule has 6 nitrogen and oxygen atoms in total. The maximum absolute atomic E-state index is 5.16. The third-order valence-electron chi connectivity index (χ3n) is 5.75. The highest BCUT2D eigenvalue weighted by atomic mass is 15.5. The van der Waals surface area contributed by atoms with Crippen LogP contribution in [0.25, 0.3) is 22.5 Å². The highest BCUT2D eigenvalue weighted by Gasteiger charge is 2.31. The van der Waals surface area contributed by atoms with E-state index in [-0.39, 0.29) is 0 Å². The Morgan fingerprint density at radius 1 is 1.08 bits per heavy atom. The van der Waals surface area contributed by atoms with Gasteiger partial charge in [-0.1, -0.05) is 12.8 Å². The first-order valence-corrected chi connectivity index (χ1v) is 9.54. The minimum absolute atomic E-state index is 0.496. The Balaban J connectivity index is 1.83. The van der Waals surface area contributed by atoms with Gasteiger partial charge in [-0.25, -0.2) is 0 Å². The first-order valence-electron chi connectivity index (χ1n) is 9.54. The van der Waals surface area contributed by atoms with Crippen molar-refractivity contribution in [3.05, 3.63) is 41.0 Å². The SMILES string of the molecule is Cc1cc(-c2c3c(nc(C4CCCC4)c2-c2nn[nH]n2)CCC3)ccn1. The maximum atomic E-state index is 5.16. The minimum atomic E-state index is 0.496. The van der Waals surface area contributed by atoms with Gasteiger partial charge in [0.15, 0.2) is 0 Å². The molecule has 0 spiro atoms. The number of hydrogen-bond acceptors (Lipinski definition) is 5. The van der Waals surface area contributed by atoms with E-state index in [1.54, 1.807) is 0 Å². The van der Waals surface area contributed by atoms with Gasteiger partial charge in [-0.15, -0.1) is 10.2 Å². The van der Waals surface area contributed by atoms with Crippen LogP contribution in [-0.4, -0.2) is 30.6 Å². The monoisotopic (exact) mass is 346 g/mol. The van der Waals surface area contributed by atoms with Crippen molar-refractivity contribution in [2.75, 3.05) is 0 Å². The van der Waals surface area contributed by atoms with Crippen molar-refractivity contribution in [3.8, 4) is 22.5 Å². The summed E-state index contributed by atoms with van der Waals surface area (Å²) in [5, 5.41) is 15.2. The number of nitrogens with zero attached hydrogens (tertiary/aromatic N) is 5.